The molecule has 0 aromatic rings. The van der Waals surface area contributed by atoms with E-state index in [9.17, 15) is 4.79 Å². The van der Waals surface area contributed by atoms with Crippen molar-refractivity contribution in [3.05, 3.63) is 0 Å². The van der Waals surface area contributed by atoms with E-state index in [0.29, 0.717) is 12.6 Å². The van der Waals surface area contributed by atoms with Crippen LogP contribution in [0.15, 0.2) is 0 Å². The lowest BCUT2D eigenvalue weighted by atomic mass is 9.79. The lowest BCUT2D eigenvalue weighted by molar-refractivity contribution is -0.130. The molecule has 1 amide bonds. The molecular formula is C15H30N2O. The van der Waals surface area contributed by atoms with Crippen molar-refractivity contribution in [1.29, 1.82) is 0 Å². The minimum atomic E-state index is 0.242. The molecule has 1 rings (SSSR count). The molecule has 0 spiro atoms. The average molecular weight is 254 g/mol. The molecule has 0 saturated heterocycles. The Bertz CT molecular complexity index is 249. The van der Waals surface area contributed by atoms with Crippen LogP contribution in [-0.2, 0) is 4.79 Å². The first-order valence-electron chi connectivity index (χ1n) is 7.59. The fourth-order valence-electron chi connectivity index (χ4n) is 2.94. The number of likely N-dealkylation sites (N-methyl/N-ethyl adjacent to an activating group) is 1. The van der Waals surface area contributed by atoms with Crippen molar-refractivity contribution >= 4 is 5.91 Å². The largest absolute Gasteiger partial charge is 0.342 e. The number of carbonyl (C=O) groups excluding carboxylic acids is 1. The molecule has 1 N–H and O–H groups in total. The van der Waals surface area contributed by atoms with Crippen molar-refractivity contribution in [1.82, 2.24) is 10.2 Å². The Balaban J connectivity index is 2.32. The smallest absolute Gasteiger partial charge is 0.236 e. The van der Waals surface area contributed by atoms with Crippen molar-refractivity contribution in [3.63, 3.8) is 0 Å². The number of hydrogen-bond donors (Lipinski definition) is 1. The topological polar surface area (TPSA) is 32.3 Å². The van der Waals surface area contributed by atoms with E-state index in [0.717, 1.165) is 24.9 Å². The molecular weight excluding hydrogens is 224 g/mol. The van der Waals surface area contributed by atoms with Crippen LogP contribution < -0.4 is 5.32 Å². The Morgan fingerprint density at radius 1 is 1.28 bits per heavy atom. The van der Waals surface area contributed by atoms with Gasteiger partial charge in [0.2, 0.25) is 5.91 Å². The van der Waals surface area contributed by atoms with Gasteiger partial charge in [-0.25, -0.2) is 0 Å². The summed E-state index contributed by atoms with van der Waals surface area (Å²) in [5.74, 6) is 1.85. The van der Waals surface area contributed by atoms with Crippen LogP contribution in [0.5, 0.6) is 0 Å². The van der Waals surface area contributed by atoms with Crippen LogP contribution in [0.1, 0.15) is 53.4 Å². The van der Waals surface area contributed by atoms with Crippen LogP contribution in [0.25, 0.3) is 0 Å². The van der Waals surface area contributed by atoms with Crippen molar-refractivity contribution in [2.24, 2.45) is 11.8 Å². The minimum absolute atomic E-state index is 0.242. The van der Waals surface area contributed by atoms with Gasteiger partial charge in [0.1, 0.15) is 0 Å². The number of nitrogens with zero attached hydrogens (tertiary/aromatic N) is 1. The third-order valence-electron chi connectivity index (χ3n) is 4.32. The molecule has 0 aromatic heterocycles. The molecule has 1 aliphatic rings. The monoisotopic (exact) mass is 254 g/mol. The Kier molecular flexibility index (Phi) is 6.69. The molecule has 2 atom stereocenters. The first kappa shape index (κ1) is 15.5. The average Bonchev–Trinajstić information content (AvgIpc) is 2.38. The third-order valence-corrected chi connectivity index (χ3v) is 4.32. The van der Waals surface area contributed by atoms with Gasteiger partial charge in [-0.05, 0) is 38.5 Å². The molecule has 0 bridgehead atoms. The highest BCUT2D eigenvalue weighted by atomic mass is 16.2. The minimum Gasteiger partial charge on any atom is -0.342 e. The molecule has 3 heteroatoms. The lowest BCUT2D eigenvalue weighted by Gasteiger charge is -2.32. The Labute approximate surface area is 112 Å². The van der Waals surface area contributed by atoms with E-state index < -0.39 is 0 Å². The lowest BCUT2D eigenvalue weighted by Crippen LogP contribution is -2.43. The quantitative estimate of drug-likeness (QED) is 0.790. The maximum atomic E-state index is 11.9. The summed E-state index contributed by atoms with van der Waals surface area (Å²) in [5, 5.41) is 3.46. The van der Waals surface area contributed by atoms with Gasteiger partial charge in [-0.3, -0.25) is 4.79 Å². The van der Waals surface area contributed by atoms with Gasteiger partial charge in [-0.1, -0.05) is 26.7 Å². The van der Waals surface area contributed by atoms with Gasteiger partial charge in [0, 0.05) is 19.1 Å². The zero-order valence-corrected chi connectivity index (χ0v) is 12.5. The molecule has 1 saturated carbocycles. The predicted molar refractivity (Wildman–Crippen MR) is 76.5 cm³/mol. The van der Waals surface area contributed by atoms with E-state index in [-0.39, 0.29) is 5.91 Å². The molecule has 1 aliphatic carbocycles. The number of nitrogens with one attached hydrogen (secondary N) is 1. The van der Waals surface area contributed by atoms with Crippen LogP contribution in [0.3, 0.4) is 0 Å². The third kappa shape index (κ3) is 4.60. The zero-order valence-electron chi connectivity index (χ0n) is 12.5. The number of hydrogen-bond acceptors (Lipinski definition) is 2. The SMILES string of the molecule is CCN(CC)C(=O)CNC1CCCC(C(C)C)C1. The Morgan fingerprint density at radius 2 is 1.94 bits per heavy atom. The molecule has 0 radical (unpaired) electrons. The highest BCUT2D eigenvalue weighted by Gasteiger charge is 2.24. The summed E-state index contributed by atoms with van der Waals surface area (Å²) in [6, 6.07) is 0.547. The van der Waals surface area contributed by atoms with Crippen LogP contribution in [0.2, 0.25) is 0 Å². The molecule has 1 fully saturated rings. The van der Waals surface area contributed by atoms with E-state index in [2.05, 4.69) is 19.2 Å². The van der Waals surface area contributed by atoms with E-state index in [4.69, 9.17) is 0 Å². The molecule has 18 heavy (non-hydrogen) atoms. The molecule has 3 nitrogen and oxygen atoms in total. The van der Waals surface area contributed by atoms with E-state index in [1.807, 2.05) is 18.7 Å². The fraction of sp³-hybridized carbons (Fsp3) is 0.933. The van der Waals surface area contributed by atoms with Gasteiger partial charge in [-0.15, -0.1) is 0 Å². The second-order valence-corrected chi connectivity index (χ2v) is 5.81. The number of amides is 1. The second-order valence-electron chi connectivity index (χ2n) is 5.81. The van der Waals surface area contributed by atoms with Gasteiger partial charge in [0.05, 0.1) is 6.54 Å². The van der Waals surface area contributed by atoms with Gasteiger partial charge < -0.3 is 10.2 Å². The molecule has 106 valence electrons. The van der Waals surface area contributed by atoms with Crippen molar-refractivity contribution in [2.45, 2.75) is 59.4 Å². The summed E-state index contributed by atoms with van der Waals surface area (Å²) >= 11 is 0. The van der Waals surface area contributed by atoms with E-state index in [1.165, 1.54) is 25.7 Å². The van der Waals surface area contributed by atoms with Crippen molar-refractivity contribution < 1.29 is 4.79 Å². The van der Waals surface area contributed by atoms with Gasteiger partial charge in [-0.2, -0.15) is 0 Å². The van der Waals surface area contributed by atoms with Crippen LogP contribution in [0, 0.1) is 11.8 Å². The van der Waals surface area contributed by atoms with E-state index in [1.54, 1.807) is 0 Å². The fourth-order valence-corrected chi connectivity index (χ4v) is 2.94. The first-order chi connectivity index (χ1) is 8.58. The zero-order chi connectivity index (χ0) is 13.5. The summed E-state index contributed by atoms with van der Waals surface area (Å²) in [6.07, 6.45) is 5.14. The number of rotatable bonds is 6. The highest BCUT2D eigenvalue weighted by Crippen LogP contribution is 2.29. The highest BCUT2D eigenvalue weighted by molar-refractivity contribution is 5.78. The molecule has 0 aliphatic heterocycles. The van der Waals surface area contributed by atoms with Gasteiger partial charge in [0.15, 0.2) is 0 Å². The van der Waals surface area contributed by atoms with Crippen molar-refractivity contribution in [3.8, 4) is 0 Å². The normalized spacial score (nSPS) is 24.3. The summed E-state index contributed by atoms with van der Waals surface area (Å²) < 4.78 is 0. The van der Waals surface area contributed by atoms with Crippen LogP contribution >= 0.6 is 0 Å². The summed E-state index contributed by atoms with van der Waals surface area (Å²) in [7, 11) is 0. The molecule has 0 aromatic carbocycles. The van der Waals surface area contributed by atoms with Gasteiger partial charge >= 0.3 is 0 Å². The maximum absolute atomic E-state index is 11.9. The molecule has 0 heterocycles. The summed E-state index contributed by atoms with van der Waals surface area (Å²) in [6.45, 7) is 10.8. The standard InChI is InChI=1S/C15H30N2O/c1-5-17(6-2)15(18)11-16-14-9-7-8-13(10-14)12(3)4/h12-14,16H,5-11H2,1-4H3. The Hall–Kier alpha value is -0.570. The summed E-state index contributed by atoms with van der Waals surface area (Å²) in [4.78, 5) is 13.8. The van der Waals surface area contributed by atoms with Crippen molar-refractivity contribution in [2.75, 3.05) is 19.6 Å². The molecule has 2 unspecified atom stereocenters. The first-order valence-corrected chi connectivity index (χ1v) is 7.59. The van der Waals surface area contributed by atoms with Gasteiger partial charge in [0.25, 0.3) is 0 Å². The van der Waals surface area contributed by atoms with Crippen LogP contribution in [-0.4, -0.2) is 36.5 Å². The van der Waals surface area contributed by atoms with Crippen LogP contribution in [0.4, 0.5) is 0 Å². The second kappa shape index (κ2) is 7.78. The Morgan fingerprint density at radius 3 is 2.50 bits per heavy atom. The predicted octanol–water partition coefficient (Wildman–Crippen LogP) is 2.66. The number of carbonyl (C=O) groups is 1. The van der Waals surface area contributed by atoms with E-state index >= 15 is 0 Å². The summed E-state index contributed by atoms with van der Waals surface area (Å²) in [5.41, 5.74) is 0. The maximum Gasteiger partial charge on any atom is 0.236 e.